The van der Waals surface area contributed by atoms with Gasteiger partial charge in [0.15, 0.2) is 0 Å². The van der Waals surface area contributed by atoms with Crippen LogP contribution in [0.25, 0.3) is 28.2 Å². The molecule has 3 heterocycles. The highest BCUT2D eigenvalue weighted by Gasteiger charge is 2.32. The number of carboxylic acid groups (broad SMARTS) is 1. The summed E-state index contributed by atoms with van der Waals surface area (Å²) in [6, 6.07) is 13.5. The minimum Gasteiger partial charge on any atom is -0.478 e. The predicted molar refractivity (Wildman–Crippen MR) is 147 cm³/mol. The van der Waals surface area contributed by atoms with Crippen LogP contribution in [-0.4, -0.2) is 45.4 Å². The number of carboxylic acids is 1. The van der Waals surface area contributed by atoms with Crippen LogP contribution in [0, 0.1) is 5.92 Å². The number of nitrogens with two attached hydrogens (primary N) is 1. The molecule has 1 saturated heterocycles. The quantitative estimate of drug-likeness (QED) is 0.486. The van der Waals surface area contributed by atoms with Gasteiger partial charge in [0.2, 0.25) is 5.91 Å². The number of amides is 2. The van der Waals surface area contributed by atoms with E-state index in [1.54, 1.807) is 17.0 Å². The van der Waals surface area contributed by atoms with Crippen molar-refractivity contribution in [3.8, 4) is 11.3 Å². The van der Waals surface area contributed by atoms with Crippen LogP contribution in [0.2, 0.25) is 0 Å². The normalized spacial score (nSPS) is 20.8. The Hall–Kier alpha value is -4.13. The Bertz CT molecular complexity index is 1530. The topological polar surface area (TPSA) is 106 Å². The van der Waals surface area contributed by atoms with E-state index in [-0.39, 0.29) is 23.3 Å². The number of fused-ring (bicyclic) bond motifs is 5. The molecule has 1 aromatic heterocycles. The fourth-order valence-corrected chi connectivity index (χ4v) is 6.40. The zero-order valence-corrected chi connectivity index (χ0v) is 21.2. The molecular formula is C31H31N3O4. The van der Waals surface area contributed by atoms with Crippen LogP contribution in [-0.2, 0) is 16.1 Å². The molecule has 6 rings (SSSR count). The summed E-state index contributed by atoms with van der Waals surface area (Å²) < 4.78 is 2.14. The van der Waals surface area contributed by atoms with E-state index in [0.29, 0.717) is 37.5 Å². The summed E-state index contributed by atoms with van der Waals surface area (Å²) in [6.07, 6.45) is 10.8. The fourth-order valence-electron chi connectivity index (χ4n) is 6.40. The lowest BCUT2D eigenvalue weighted by atomic mass is 9.84. The molecule has 194 valence electrons. The molecule has 3 aliphatic rings. The van der Waals surface area contributed by atoms with Crippen LogP contribution in [0.4, 0.5) is 0 Å². The Kier molecular flexibility index (Phi) is 6.14. The van der Waals surface area contributed by atoms with E-state index in [0.717, 1.165) is 53.4 Å². The number of allylic oxidation sites excluding steroid dienone is 2. The first-order chi connectivity index (χ1) is 18.4. The van der Waals surface area contributed by atoms with E-state index in [1.165, 1.54) is 5.56 Å². The summed E-state index contributed by atoms with van der Waals surface area (Å²) in [5.41, 5.74) is 11.6. The van der Waals surface area contributed by atoms with Crippen LogP contribution in [0.15, 0.2) is 60.2 Å². The van der Waals surface area contributed by atoms with Crippen molar-refractivity contribution in [2.24, 2.45) is 11.7 Å². The smallest absolute Gasteiger partial charge is 0.335 e. The molecule has 2 aromatic carbocycles. The lowest BCUT2D eigenvalue weighted by Gasteiger charge is -2.32. The van der Waals surface area contributed by atoms with Crippen molar-refractivity contribution in [2.45, 2.75) is 44.6 Å². The number of carbonyl (C=O) groups excluding carboxylic acids is 2. The summed E-state index contributed by atoms with van der Waals surface area (Å²) in [7, 11) is 0. The number of piperidine rings is 1. The number of primary amides is 1. The lowest BCUT2D eigenvalue weighted by Crippen LogP contribution is -2.44. The van der Waals surface area contributed by atoms with Gasteiger partial charge in [-0.2, -0.15) is 0 Å². The number of rotatable bonds is 4. The van der Waals surface area contributed by atoms with Crippen LogP contribution in [0.1, 0.15) is 59.5 Å². The molecule has 7 nitrogen and oxygen atoms in total. The average molecular weight is 510 g/mol. The number of nitrogens with zero attached hydrogens (tertiary/aromatic N) is 2. The van der Waals surface area contributed by atoms with Gasteiger partial charge in [0.05, 0.1) is 23.7 Å². The minimum absolute atomic E-state index is 0.100. The molecule has 0 saturated carbocycles. The molecule has 0 bridgehead atoms. The molecule has 2 aliphatic heterocycles. The highest BCUT2D eigenvalue weighted by atomic mass is 16.4. The van der Waals surface area contributed by atoms with Gasteiger partial charge in [-0.25, -0.2) is 4.79 Å². The van der Waals surface area contributed by atoms with Gasteiger partial charge in [-0.1, -0.05) is 42.5 Å². The number of likely N-dealkylation sites (tertiary alicyclic amines) is 1. The predicted octanol–water partition coefficient (Wildman–Crippen LogP) is 4.95. The molecule has 0 spiro atoms. The molecular weight excluding hydrogens is 478 g/mol. The van der Waals surface area contributed by atoms with E-state index in [1.807, 2.05) is 30.3 Å². The Morgan fingerprint density at radius 1 is 1.03 bits per heavy atom. The number of aromatic nitrogens is 1. The second kappa shape index (κ2) is 9.63. The molecule has 0 radical (unpaired) electrons. The molecule has 2 amide bonds. The number of aromatic carboxylic acids is 1. The maximum absolute atomic E-state index is 13.9. The Morgan fingerprint density at radius 3 is 2.63 bits per heavy atom. The second-order valence-corrected chi connectivity index (χ2v) is 10.6. The van der Waals surface area contributed by atoms with Gasteiger partial charge in [-0.3, -0.25) is 9.59 Å². The molecule has 2 unspecified atom stereocenters. The summed E-state index contributed by atoms with van der Waals surface area (Å²) in [4.78, 5) is 39.5. The van der Waals surface area contributed by atoms with Crippen LogP contribution in [0.5, 0.6) is 0 Å². The van der Waals surface area contributed by atoms with Gasteiger partial charge in [0.25, 0.3) is 5.91 Å². The minimum atomic E-state index is -0.976. The molecule has 7 heteroatoms. The van der Waals surface area contributed by atoms with Crippen molar-refractivity contribution in [2.75, 3.05) is 13.1 Å². The van der Waals surface area contributed by atoms with Gasteiger partial charge in [-0.05, 0) is 67.4 Å². The van der Waals surface area contributed by atoms with Gasteiger partial charge in [-0.15, -0.1) is 0 Å². The maximum Gasteiger partial charge on any atom is 0.335 e. The third kappa shape index (κ3) is 4.12. The summed E-state index contributed by atoms with van der Waals surface area (Å²) >= 11 is 0. The lowest BCUT2D eigenvalue weighted by molar-refractivity contribution is -0.131. The Balaban J connectivity index is 1.54. The molecule has 3 N–H and O–H groups in total. The summed E-state index contributed by atoms with van der Waals surface area (Å²) in [5.74, 6) is -1.47. The molecule has 2 atom stereocenters. The summed E-state index contributed by atoms with van der Waals surface area (Å²) in [5, 5.41) is 10.8. The van der Waals surface area contributed by atoms with Crippen LogP contribution < -0.4 is 5.73 Å². The van der Waals surface area contributed by atoms with Crippen molar-refractivity contribution in [3.63, 3.8) is 0 Å². The highest BCUT2D eigenvalue weighted by Crippen LogP contribution is 2.45. The highest BCUT2D eigenvalue weighted by molar-refractivity contribution is 6.03. The van der Waals surface area contributed by atoms with Crippen molar-refractivity contribution >= 4 is 34.8 Å². The average Bonchev–Trinajstić information content (AvgIpc) is 3.15. The molecule has 38 heavy (non-hydrogen) atoms. The van der Waals surface area contributed by atoms with E-state index in [4.69, 9.17) is 5.73 Å². The first-order valence-electron chi connectivity index (χ1n) is 13.4. The Labute approximate surface area is 221 Å². The fraction of sp³-hybridized carbons (Fsp3) is 0.323. The van der Waals surface area contributed by atoms with Crippen molar-refractivity contribution in [3.05, 3.63) is 76.9 Å². The Morgan fingerprint density at radius 2 is 1.87 bits per heavy atom. The monoisotopic (exact) mass is 509 g/mol. The van der Waals surface area contributed by atoms with E-state index < -0.39 is 5.97 Å². The van der Waals surface area contributed by atoms with Gasteiger partial charge in [0.1, 0.15) is 0 Å². The molecule has 1 aliphatic carbocycles. The third-order valence-electron chi connectivity index (χ3n) is 8.29. The van der Waals surface area contributed by atoms with Crippen LogP contribution in [0.3, 0.4) is 0 Å². The number of carbonyl (C=O) groups is 3. The van der Waals surface area contributed by atoms with Gasteiger partial charge in [0, 0.05) is 35.1 Å². The molecule has 1 fully saturated rings. The first-order valence-corrected chi connectivity index (χ1v) is 13.4. The number of benzene rings is 2. The maximum atomic E-state index is 13.9. The number of hydrogen-bond acceptors (Lipinski definition) is 3. The second-order valence-electron chi connectivity index (χ2n) is 10.6. The largest absolute Gasteiger partial charge is 0.478 e. The number of hydrogen-bond donors (Lipinski definition) is 2. The van der Waals surface area contributed by atoms with Crippen LogP contribution >= 0.6 is 0 Å². The SMILES string of the molecule is NC(=O)C1CCCN(C(=O)C2=Cc3ccccc3-c3c(C4CC=CCC4)c4ccc(C(=O)O)cc4n3C2)C1. The zero-order valence-electron chi connectivity index (χ0n) is 21.2. The van der Waals surface area contributed by atoms with E-state index >= 15 is 0 Å². The van der Waals surface area contributed by atoms with E-state index in [2.05, 4.69) is 22.8 Å². The summed E-state index contributed by atoms with van der Waals surface area (Å²) in [6.45, 7) is 1.24. The standard InChI is InChI=1S/C31H31N3O4/c32-29(35)22-10-6-14-33(17-22)30(36)23-15-20-9-4-5-11-24(20)28-27(19-7-2-1-3-8-19)25-13-12-21(31(37)38)16-26(25)34(28)18-23/h1-2,4-5,9,11-13,15-16,19,22H,3,6-8,10,14,17-18H2,(H2,32,35)(H,37,38). The van der Waals surface area contributed by atoms with Crippen molar-refractivity contribution < 1.29 is 19.5 Å². The van der Waals surface area contributed by atoms with Crippen molar-refractivity contribution in [1.82, 2.24) is 9.47 Å². The zero-order chi connectivity index (χ0) is 26.4. The molecule has 3 aromatic rings. The first kappa shape index (κ1) is 24.2. The van der Waals surface area contributed by atoms with Gasteiger partial charge < -0.3 is 20.3 Å². The van der Waals surface area contributed by atoms with E-state index in [9.17, 15) is 19.5 Å². The van der Waals surface area contributed by atoms with Crippen molar-refractivity contribution in [1.29, 1.82) is 0 Å². The van der Waals surface area contributed by atoms with Gasteiger partial charge >= 0.3 is 5.97 Å². The third-order valence-corrected chi connectivity index (χ3v) is 8.29.